The van der Waals surface area contributed by atoms with Gasteiger partial charge < -0.3 is 10.4 Å². The van der Waals surface area contributed by atoms with E-state index < -0.39 is 5.97 Å². The Balaban J connectivity index is 2.00. The Morgan fingerprint density at radius 3 is 2.52 bits per heavy atom. The minimum absolute atomic E-state index is 0.0979. The number of pyridine rings is 1. The molecule has 5 nitrogen and oxygen atoms in total. The molecule has 2 rings (SSSR count). The molecule has 21 heavy (non-hydrogen) atoms. The topological polar surface area (TPSA) is 79.3 Å². The van der Waals surface area contributed by atoms with Crippen molar-refractivity contribution in [2.24, 2.45) is 0 Å². The molecule has 0 spiro atoms. The summed E-state index contributed by atoms with van der Waals surface area (Å²) in [6.07, 6.45) is 3.78. The van der Waals surface area contributed by atoms with Gasteiger partial charge in [-0.2, -0.15) is 0 Å². The molecular formula is C16H16N2O3. The van der Waals surface area contributed by atoms with Crippen molar-refractivity contribution >= 4 is 17.6 Å². The quantitative estimate of drug-likeness (QED) is 0.884. The highest BCUT2D eigenvalue weighted by Gasteiger charge is 2.07. The molecule has 0 aliphatic carbocycles. The number of aromatic nitrogens is 1. The molecule has 0 fully saturated rings. The molecular weight excluding hydrogens is 268 g/mol. The van der Waals surface area contributed by atoms with Crippen LogP contribution in [0.1, 0.15) is 27.9 Å². The number of hydrogen-bond acceptors (Lipinski definition) is 3. The Kier molecular flexibility index (Phi) is 4.66. The van der Waals surface area contributed by atoms with Gasteiger partial charge in [-0.3, -0.25) is 14.6 Å². The lowest BCUT2D eigenvalue weighted by Crippen LogP contribution is -2.12. The Hall–Kier alpha value is -2.69. The molecule has 0 aliphatic rings. The van der Waals surface area contributed by atoms with Crippen LogP contribution in [0.15, 0.2) is 42.7 Å². The van der Waals surface area contributed by atoms with E-state index in [1.807, 2.05) is 19.1 Å². The number of nitrogens with one attached hydrogen (secondary N) is 1. The maximum atomic E-state index is 12.0. The van der Waals surface area contributed by atoms with Crippen molar-refractivity contribution in [1.82, 2.24) is 4.98 Å². The van der Waals surface area contributed by atoms with Crippen LogP contribution in [0.3, 0.4) is 0 Å². The first-order valence-electron chi connectivity index (χ1n) is 6.58. The van der Waals surface area contributed by atoms with E-state index in [1.54, 1.807) is 24.4 Å². The predicted molar refractivity (Wildman–Crippen MR) is 79.3 cm³/mol. The zero-order valence-electron chi connectivity index (χ0n) is 11.7. The minimum atomic E-state index is -0.820. The van der Waals surface area contributed by atoms with Crippen molar-refractivity contribution < 1.29 is 14.7 Å². The highest BCUT2D eigenvalue weighted by atomic mass is 16.4. The van der Waals surface area contributed by atoms with Crippen LogP contribution < -0.4 is 5.32 Å². The molecule has 1 aromatic carbocycles. The Bertz CT molecular complexity index is 651. The first kappa shape index (κ1) is 14.7. The zero-order valence-corrected chi connectivity index (χ0v) is 11.7. The SMILES string of the molecule is Cc1cncc(C(=O)Nc2ccc(CCC(=O)O)cc2)c1. The van der Waals surface area contributed by atoms with Crippen LogP contribution in [0.2, 0.25) is 0 Å². The molecule has 2 N–H and O–H groups in total. The molecule has 108 valence electrons. The van der Waals surface area contributed by atoms with E-state index in [4.69, 9.17) is 5.11 Å². The fraction of sp³-hybridized carbons (Fsp3) is 0.188. The van der Waals surface area contributed by atoms with Crippen LogP contribution >= 0.6 is 0 Å². The summed E-state index contributed by atoms with van der Waals surface area (Å²) in [5, 5.41) is 11.4. The third-order valence-corrected chi connectivity index (χ3v) is 2.98. The van der Waals surface area contributed by atoms with Crippen LogP contribution in [0.25, 0.3) is 0 Å². The average Bonchev–Trinajstić information content (AvgIpc) is 2.46. The van der Waals surface area contributed by atoms with Crippen molar-refractivity contribution in [2.75, 3.05) is 5.32 Å². The van der Waals surface area contributed by atoms with E-state index >= 15 is 0 Å². The van der Waals surface area contributed by atoms with E-state index in [0.717, 1.165) is 11.1 Å². The molecule has 1 heterocycles. The second-order valence-electron chi connectivity index (χ2n) is 4.80. The van der Waals surface area contributed by atoms with E-state index in [-0.39, 0.29) is 12.3 Å². The third-order valence-electron chi connectivity index (χ3n) is 2.98. The lowest BCUT2D eigenvalue weighted by Gasteiger charge is -2.06. The summed E-state index contributed by atoms with van der Waals surface area (Å²) in [7, 11) is 0. The van der Waals surface area contributed by atoms with Gasteiger partial charge in [0.05, 0.1) is 5.56 Å². The molecule has 0 radical (unpaired) electrons. The third kappa shape index (κ3) is 4.42. The summed E-state index contributed by atoms with van der Waals surface area (Å²) in [5.41, 5.74) is 3.02. The van der Waals surface area contributed by atoms with Crippen molar-refractivity contribution in [2.45, 2.75) is 19.8 Å². The molecule has 1 amide bonds. The van der Waals surface area contributed by atoms with Crippen LogP contribution in [-0.2, 0) is 11.2 Å². The molecule has 0 bridgehead atoms. The monoisotopic (exact) mass is 284 g/mol. The zero-order chi connectivity index (χ0) is 15.2. The maximum absolute atomic E-state index is 12.0. The van der Waals surface area contributed by atoms with Gasteiger partial charge in [0.15, 0.2) is 0 Å². The summed E-state index contributed by atoms with van der Waals surface area (Å²) in [5.74, 6) is -1.04. The van der Waals surface area contributed by atoms with E-state index in [2.05, 4.69) is 10.3 Å². The van der Waals surface area contributed by atoms with Gasteiger partial charge in [0.2, 0.25) is 0 Å². The number of amides is 1. The van der Waals surface area contributed by atoms with Gasteiger partial charge in [-0.25, -0.2) is 0 Å². The summed E-state index contributed by atoms with van der Waals surface area (Å²) >= 11 is 0. The van der Waals surface area contributed by atoms with Gasteiger partial charge in [0, 0.05) is 24.5 Å². The average molecular weight is 284 g/mol. The van der Waals surface area contributed by atoms with Gasteiger partial charge in [-0.1, -0.05) is 12.1 Å². The van der Waals surface area contributed by atoms with Crippen molar-refractivity contribution in [1.29, 1.82) is 0 Å². The van der Waals surface area contributed by atoms with Crippen molar-refractivity contribution in [3.8, 4) is 0 Å². The molecule has 0 saturated heterocycles. The predicted octanol–water partition coefficient (Wildman–Crippen LogP) is 2.66. The maximum Gasteiger partial charge on any atom is 0.303 e. The molecule has 0 atom stereocenters. The highest BCUT2D eigenvalue weighted by molar-refractivity contribution is 6.04. The second kappa shape index (κ2) is 6.65. The van der Waals surface area contributed by atoms with E-state index in [0.29, 0.717) is 17.7 Å². The summed E-state index contributed by atoms with van der Waals surface area (Å²) in [4.78, 5) is 26.5. The molecule has 0 aliphatic heterocycles. The van der Waals surface area contributed by atoms with Crippen LogP contribution in [-0.4, -0.2) is 22.0 Å². The first-order chi connectivity index (χ1) is 10.0. The van der Waals surface area contributed by atoms with Crippen LogP contribution in [0, 0.1) is 6.92 Å². The minimum Gasteiger partial charge on any atom is -0.481 e. The fourth-order valence-corrected chi connectivity index (χ4v) is 1.89. The number of aliphatic carboxylic acids is 1. The highest BCUT2D eigenvalue weighted by Crippen LogP contribution is 2.13. The van der Waals surface area contributed by atoms with Gasteiger partial charge in [0.25, 0.3) is 5.91 Å². The number of benzene rings is 1. The Morgan fingerprint density at radius 1 is 1.19 bits per heavy atom. The Labute approximate surface area is 122 Å². The van der Waals surface area contributed by atoms with E-state index in [1.165, 1.54) is 6.20 Å². The standard InChI is InChI=1S/C16H16N2O3/c1-11-8-13(10-17-9-11)16(21)18-14-5-2-12(3-6-14)4-7-15(19)20/h2-3,5-6,8-10H,4,7H2,1H3,(H,18,21)(H,19,20). The summed E-state index contributed by atoms with van der Waals surface area (Å²) in [6, 6.07) is 8.92. The smallest absolute Gasteiger partial charge is 0.303 e. The van der Waals surface area contributed by atoms with Gasteiger partial charge >= 0.3 is 5.97 Å². The number of hydrogen-bond donors (Lipinski definition) is 2. The molecule has 5 heteroatoms. The first-order valence-corrected chi connectivity index (χ1v) is 6.58. The van der Waals surface area contributed by atoms with E-state index in [9.17, 15) is 9.59 Å². The number of anilines is 1. The van der Waals surface area contributed by atoms with Crippen LogP contribution in [0.4, 0.5) is 5.69 Å². The van der Waals surface area contributed by atoms with Crippen LogP contribution in [0.5, 0.6) is 0 Å². The number of carboxylic acids is 1. The number of carboxylic acid groups (broad SMARTS) is 1. The number of carbonyl (C=O) groups is 2. The largest absolute Gasteiger partial charge is 0.481 e. The molecule has 1 aromatic heterocycles. The van der Waals surface area contributed by atoms with Crippen molar-refractivity contribution in [3.63, 3.8) is 0 Å². The number of aryl methyl sites for hydroxylation is 2. The van der Waals surface area contributed by atoms with Gasteiger partial charge in [-0.15, -0.1) is 0 Å². The molecule has 0 saturated carbocycles. The van der Waals surface area contributed by atoms with Gasteiger partial charge in [-0.05, 0) is 42.7 Å². The lowest BCUT2D eigenvalue weighted by atomic mass is 10.1. The van der Waals surface area contributed by atoms with Gasteiger partial charge in [0.1, 0.15) is 0 Å². The molecule has 2 aromatic rings. The normalized spacial score (nSPS) is 10.1. The summed E-state index contributed by atoms with van der Waals surface area (Å²) < 4.78 is 0. The number of rotatable bonds is 5. The second-order valence-corrected chi connectivity index (χ2v) is 4.80. The molecule has 0 unspecified atom stereocenters. The fourth-order valence-electron chi connectivity index (χ4n) is 1.89. The number of nitrogens with zero attached hydrogens (tertiary/aromatic N) is 1. The lowest BCUT2D eigenvalue weighted by molar-refractivity contribution is -0.136. The Morgan fingerprint density at radius 2 is 1.90 bits per heavy atom. The summed E-state index contributed by atoms with van der Waals surface area (Å²) in [6.45, 7) is 1.88. The van der Waals surface area contributed by atoms with Crippen molar-refractivity contribution in [3.05, 3.63) is 59.4 Å². The number of carbonyl (C=O) groups excluding carboxylic acids is 1.